The molecule has 0 spiro atoms. The van der Waals surface area contributed by atoms with Gasteiger partial charge in [0.25, 0.3) is 0 Å². The first kappa shape index (κ1) is 18.3. The second-order valence-corrected chi connectivity index (χ2v) is 5.97. The van der Waals surface area contributed by atoms with Gasteiger partial charge in [-0.25, -0.2) is 0 Å². The Kier molecular flexibility index (Phi) is 5.53. The molecule has 2 rings (SSSR count). The molecule has 3 atom stereocenters. The van der Waals surface area contributed by atoms with Crippen LogP contribution in [0.3, 0.4) is 0 Å². The SMILES string of the molecule is CC(CC(O)c1ccco1)NC(=O)C1CC(=O)N(CC(F)(F)F)C1. The number of halogens is 3. The lowest BCUT2D eigenvalue weighted by Crippen LogP contribution is -2.40. The standard InChI is InChI=1S/C15H19F3N2O4/c1-9(5-11(21)12-3-2-4-24-12)19-14(23)10-6-13(22)20(7-10)8-15(16,17)18/h2-4,9-11,21H,5-8H2,1H3,(H,19,23). The van der Waals surface area contributed by atoms with E-state index in [0.29, 0.717) is 10.7 Å². The number of nitrogens with one attached hydrogen (secondary N) is 1. The normalized spacial score (nSPS) is 21.0. The summed E-state index contributed by atoms with van der Waals surface area (Å²) in [5, 5.41) is 12.6. The molecule has 134 valence electrons. The average Bonchev–Trinajstić information content (AvgIpc) is 3.07. The average molecular weight is 348 g/mol. The van der Waals surface area contributed by atoms with Crippen molar-refractivity contribution in [1.29, 1.82) is 0 Å². The molecule has 2 heterocycles. The smallest absolute Gasteiger partial charge is 0.406 e. The molecule has 24 heavy (non-hydrogen) atoms. The van der Waals surface area contributed by atoms with Gasteiger partial charge in [0.05, 0.1) is 12.2 Å². The molecule has 9 heteroatoms. The van der Waals surface area contributed by atoms with Gasteiger partial charge in [0.2, 0.25) is 11.8 Å². The van der Waals surface area contributed by atoms with Gasteiger partial charge in [-0.15, -0.1) is 0 Å². The van der Waals surface area contributed by atoms with Gasteiger partial charge >= 0.3 is 6.18 Å². The van der Waals surface area contributed by atoms with Crippen LogP contribution in [0.1, 0.15) is 31.6 Å². The largest absolute Gasteiger partial charge is 0.467 e. The predicted octanol–water partition coefficient (Wildman–Crippen LogP) is 1.62. The maximum atomic E-state index is 12.4. The molecular formula is C15H19F3N2O4. The molecule has 0 radical (unpaired) electrons. The van der Waals surface area contributed by atoms with E-state index >= 15 is 0 Å². The number of hydrogen-bond acceptors (Lipinski definition) is 4. The zero-order valence-corrected chi connectivity index (χ0v) is 13.0. The Balaban J connectivity index is 1.83. The number of likely N-dealkylation sites (tertiary alicyclic amines) is 1. The Labute approximate surface area is 136 Å². The molecule has 0 bridgehead atoms. The molecular weight excluding hydrogens is 329 g/mol. The Morgan fingerprint density at radius 2 is 2.25 bits per heavy atom. The van der Waals surface area contributed by atoms with E-state index < -0.39 is 42.6 Å². The molecule has 1 aliphatic rings. The van der Waals surface area contributed by atoms with Crippen molar-refractivity contribution in [2.45, 2.75) is 38.1 Å². The number of alkyl halides is 3. The summed E-state index contributed by atoms with van der Waals surface area (Å²) < 4.78 is 42.2. The van der Waals surface area contributed by atoms with Gasteiger partial charge in [0.1, 0.15) is 18.4 Å². The molecule has 0 saturated carbocycles. The second-order valence-electron chi connectivity index (χ2n) is 5.97. The van der Waals surface area contributed by atoms with Gasteiger partial charge in [-0.3, -0.25) is 9.59 Å². The van der Waals surface area contributed by atoms with E-state index in [4.69, 9.17) is 4.42 Å². The number of aliphatic hydroxyl groups excluding tert-OH is 1. The molecule has 1 aliphatic heterocycles. The highest BCUT2D eigenvalue weighted by Gasteiger charge is 2.40. The van der Waals surface area contributed by atoms with Gasteiger partial charge in [-0.2, -0.15) is 13.2 Å². The highest BCUT2D eigenvalue weighted by atomic mass is 19.4. The van der Waals surface area contributed by atoms with Gasteiger partial charge in [-0.05, 0) is 19.1 Å². The first-order valence-electron chi connectivity index (χ1n) is 7.52. The molecule has 2 N–H and O–H groups in total. The van der Waals surface area contributed by atoms with Crippen LogP contribution < -0.4 is 5.32 Å². The molecule has 2 amide bonds. The monoisotopic (exact) mass is 348 g/mol. The minimum atomic E-state index is -4.48. The fraction of sp³-hybridized carbons (Fsp3) is 0.600. The maximum Gasteiger partial charge on any atom is 0.406 e. The van der Waals surface area contributed by atoms with E-state index in [1.807, 2.05) is 0 Å². The van der Waals surface area contributed by atoms with Crippen molar-refractivity contribution in [1.82, 2.24) is 10.2 Å². The third kappa shape index (κ3) is 4.98. The van der Waals surface area contributed by atoms with E-state index in [-0.39, 0.29) is 19.4 Å². The van der Waals surface area contributed by atoms with Crippen LogP contribution in [0.4, 0.5) is 13.2 Å². The fourth-order valence-corrected chi connectivity index (χ4v) is 2.67. The molecule has 0 aromatic carbocycles. The van der Waals surface area contributed by atoms with Crippen molar-refractivity contribution in [3.8, 4) is 0 Å². The van der Waals surface area contributed by atoms with Gasteiger partial charge in [0.15, 0.2) is 0 Å². The van der Waals surface area contributed by atoms with Gasteiger partial charge < -0.3 is 19.7 Å². The van der Waals surface area contributed by atoms with Crippen molar-refractivity contribution >= 4 is 11.8 Å². The molecule has 1 fully saturated rings. The number of amides is 2. The number of rotatable bonds is 6. The van der Waals surface area contributed by atoms with Crippen LogP contribution in [-0.4, -0.2) is 47.1 Å². The molecule has 3 unspecified atom stereocenters. The third-order valence-corrected chi connectivity index (χ3v) is 3.79. The summed E-state index contributed by atoms with van der Waals surface area (Å²) in [6.07, 6.45) is -4.02. The fourth-order valence-electron chi connectivity index (χ4n) is 2.67. The van der Waals surface area contributed by atoms with Crippen LogP contribution >= 0.6 is 0 Å². The van der Waals surface area contributed by atoms with Crippen LogP contribution in [0, 0.1) is 5.92 Å². The molecule has 1 saturated heterocycles. The quantitative estimate of drug-likeness (QED) is 0.818. The lowest BCUT2D eigenvalue weighted by atomic mass is 10.1. The number of nitrogens with zero attached hydrogens (tertiary/aromatic N) is 1. The summed E-state index contributed by atoms with van der Waals surface area (Å²) in [6.45, 7) is 0.0638. The first-order chi connectivity index (χ1) is 11.2. The second kappa shape index (κ2) is 7.25. The number of hydrogen-bond donors (Lipinski definition) is 2. The topological polar surface area (TPSA) is 82.8 Å². The van der Waals surface area contributed by atoms with Crippen LogP contribution in [0.5, 0.6) is 0 Å². The zero-order chi connectivity index (χ0) is 17.9. The third-order valence-electron chi connectivity index (χ3n) is 3.79. The number of furan rings is 1. The van der Waals surface area contributed by atoms with Crippen molar-refractivity contribution in [2.75, 3.05) is 13.1 Å². The van der Waals surface area contributed by atoms with Crippen LogP contribution in [0.15, 0.2) is 22.8 Å². The van der Waals surface area contributed by atoms with E-state index in [2.05, 4.69) is 5.32 Å². The maximum absolute atomic E-state index is 12.4. The number of carbonyl (C=O) groups is 2. The molecule has 1 aromatic rings. The van der Waals surface area contributed by atoms with Crippen molar-refractivity contribution in [3.05, 3.63) is 24.2 Å². The minimum Gasteiger partial charge on any atom is -0.467 e. The number of carbonyl (C=O) groups excluding carboxylic acids is 2. The summed E-state index contributed by atoms with van der Waals surface area (Å²) in [5.74, 6) is -1.63. The minimum absolute atomic E-state index is 0.187. The Bertz CT molecular complexity index is 574. The lowest BCUT2D eigenvalue weighted by Gasteiger charge is -2.20. The van der Waals surface area contributed by atoms with Crippen LogP contribution in [0.2, 0.25) is 0 Å². The molecule has 0 aliphatic carbocycles. The summed E-state index contributed by atoms with van der Waals surface area (Å²) in [6, 6.07) is 2.80. The van der Waals surface area contributed by atoms with E-state index in [0.717, 1.165) is 0 Å². The Hall–Kier alpha value is -2.03. The van der Waals surface area contributed by atoms with Gasteiger partial charge in [0, 0.05) is 25.4 Å². The summed E-state index contributed by atoms with van der Waals surface area (Å²) >= 11 is 0. The summed E-state index contributed by atoms with van der Waals surface area (Å²) in [4.78, 5) is 24.3. The molecule has 1 aromatic heterocycles. The predicted molar refractivity (Wildman–Crippen MR) is 76.6 cm³/mol. The Morgan fingerprint density at radius 1 is 1.54 bits per heavy atom. The van der Waals surface area contributed by atoms with Crippen molar-refractivity contribution in [3.63, 3.8) is 0 Å². The van der Waals surface area contributed by atoms with Crippen molar-refractivity contribution in [2.24, 2.45) is 5.92 Å². The van der Waals surface area contributed by atoms with Crippen LogP contribution in [-0.2, 0) is 9.59 Å². The summed E-state index contributed by atoms with van der Waals surface area (Å²) in [5.41, 5.74) is 0. The van der Waals surface area contributed by atoms with Crippen LogP contribution in [0.25, 0.3) is 0 Å². The van der Waals surface area contributed by atoms with E-state index in [1.54, 1.807) is 19.1 Å². The number of aliphatic hydroxyl groups is 1. The Morgan fingerprint density at radius 3 is 2.83 bits per heavy atom. The van der Waals surface area contributed by atoms with E-state index in [1.165, 1.54) is 6.26 Å². The first-order valence-corrected chi connectivity index (χ1v) is 7.52. The lowest BCUT2D eigenvalue weighted by molar-refractivity contribution is -0.157. The van der Waals surface area contributed by atoms with Gasteiger partial charge in [-0.1, -0.05) is 0 Å². The highest BCUT2D eigenvalue weighted by Crippen LogP contribution is 2.24. The zero-order valence-electron chi connectivity index (χ0n) is 13.0. The van der Waals surface area contributed by atoms with E-state index in [9.17, 15) is 27.9 Å². The molecule has 6 nitrogen and oxygen atoms in total. The summed E-state index contributed by atoms with van der Waals surface area (Å²) in [7, 11) is 0. The highest BCUT2D eigenvalue weighted by molar-refractivity contribution is 5.89. The van der Waals surface area contributed by atoms with Crippen molar-refractivity contribution < 1.29 is 32.3 Å².